The number of rotatable bonds is 16. The molecule has 0 N–H and O–H groups in total. The molecule has 0 bridgehead atoms. The summed E-state index contributed by atoms with van der Waals surface area (Å²) in [6.07, 6.45) is 12.9. The quantitative estimate of drug-likeness (QED) is 0.179. The minimum atomic E-state index is -4.53. The molecule has 128 valence electrons. The second-order valence-electron chi connectivity index (χ2n) is 5.38. The zero-order valence-electron chi connectivity index (χ0n) is 14.3. The van der Waals surface area contributed by atoms with Gasteiger partial charge < -0.3 is 9.29 Å². The van der Waals surface area contributed by atoms with Crippen molar-refractivity contribution >= 4 is 10.4 Å². The first-order valence-corrected chi connectivity index (χ1v) is 9.57. The number of hydrogen-bond donors (Lipinski definition) is 0. The normalized spacial score (nSPS) is 11.4. The molecule has 0 aromatic rings. The van der Waals surface area contributed by atoms with E-state index in [1.165, 1.54) is 51.4 Å². The van der Waals surface area contributed by atoms with Crippen LogP contribution in [-0.2, 0) is 19.3 Å². The molecule has 7 heteroatoms. The van der Waals surface area contributed by atoms with Gasteiger partial charge in [0.15, 0.2) is 0 Å². The molecule has 0 fully saturated rings. The summed E-state index contributed by atoms with van der Waals surface area (Å²) in [6, 6.07) is 0. The van der Waals surface area contributed by atoms with Gasteiger partial charge in [-0.25, -0.2) is 8.42 Å². The fraction of sp³-hybridized carbons (Fsp3) is 1.00. The van der Waals surface area contributed by atoms with Crippen LogP contribution in [0, 0.1) is 0 Å². The largest absolute Gasteiger partial charge is 1.00 e. The molecule has 0 atom stereocenters. The molecule has 0 aliphatic rings. The van der Waals surface area contributed by atoms with Gasteiger partial charge in [-0.15, -0.1) is 0 Å². The van der Waals surface area contributed by atoms with Crippen LogP contribution < -0.4 is 29.6 Å². The minimum Gasteiger partial charge on any atom is -0.726 e. The van der Waals surface area contributed by atoms with Gasteiger partial charge in [-0.2, -0.15) is 0 Å². The van der Waals surface area contributed by atoms with Crippen LogP contribution >= 0.6 is 0 Å². The maximum Gasteiger partial charge on any atom is 1.00 e. The van der Waals surface area contributed by atoms with Crippen LogP contribution in [0.3, 0.4) is 0 Å². The second kappa shape index (κ2) is 18.2. The van der Waals surface area contributed by atoms with E-state index in [4.69, 9.17) is 4.74 Å². The SMILES string of the molecule is CCCCCCCCCCCOCCCCOS(=O)(=O)[O-].[Na+]. The van der Waals surface area contributed by atoms with Gasteiger partial charge in [0.1, 0.15) is 0 Å². The van der Waals surface area contributed by atoms with Gasteiger partial charge in [0.05, 0.1) is 6.61 Å². The Morgan fingerprint density at radius 2 is 1.14 bits per heavy atom. The van der Waals surface area contributed by atoms with Crippen LogP contribution in [0.2, 0.25) is 0 Å². The van der Waals surface area contributed by atoms with Crippen molar-refractivity contribution in [3.8, 4) is 0 Å². The predicted molar refractivity (Wildman–Crippen MR) is 82.9 cm³/mol. The first kappa shape index (κ1) is 25.1. The van der Waals surface area contributed by atoms with Crippen molar-refractivity contribution in [3.63, 3.8) is 0 Å². The molecule has 0 saturated carbocycles. The molecule has 0 aliphatic heterocycles. The second-order valence-corrected chi connectivity index (χ2v) is 6.43. The molecule has 22 heavy (non-hydrogen) atoms. The van der Waals surface area contributed by atoms with Gasteiger partial charge in [-0.3, -0.25) is 4.18 Å². The zero-order chi connectivity index (χ0) is 15.8. The smallest absolute Gasteiger partial charge is 0.726 e. The molecular formula is C15H31NaO5S. The first-order valence-electron chi connectivity index (χ1n) is 8.24. The molecule has 0 amide bonds. The van der Waals surface area contributed by atoms with E-state index in [9.17, 15) is 13.0 Å². The Labute approximate surface area is 158 Å². The standard InChI is InChI=1S/C15H32O5S.Na/c1-2-3-4-5-6-7-8-9-10-13-19-14-11-12-15-20-21(16,17)18;/h2-15H2,1H3,(H,16,17,18);/q;+1/p-1. The van der Waals surface area contributed by atoms with E-state index in [0.717, 1.165) is 13.0 Å². The van der Waals surface area contributed by atoms with Crippen LogP contribution in [0.4, 0.5) is 0 Å². The molecule has 0 rings (SSSR count). The summed E-state index contributed by atoms with van der Waals surface area (Å²) in [5, 5.41) is 0. The van der Waals surface area contributed by atoms with E-state index in [2.05, 4.69) is 11.1 Å². The van der Waals surface area contributed by atoms with Crippen LogP contribution in [0.15, 0.2) is 0 Å². The zero-order valence-corrected chi connectivity index (χ0v) is 17.2. The van der Waals surface area contributed by atoms with Gasteiger partial charge in [0.25, 0.3) is 0 Å². The van der Waals surface area contributed by atoms with E-state index in [-0.39, 0.29) is 36.2 Å². The molecule has 0 heterocycles. The Morgan fingerprint density at radius 1 is 0.727 bits per heavy atom. The monoisotopic (exact) mass is 346 g/mol. The summed E-state index contributed by atoms with van der Waals surface area (Å²) < 4.78 is 40.0. The van der Waals surface area contributed by atoms with Gasteiger partial charge in [-0.05, 0) is 19.3 Å². The number of unbranched alkanes of at least 4 members (excludes halogenated alkanes) is 9. The Hall–Kier alpha value is 0.830. The maximum atomic E-state index is 10.2. The third-order valence-corrected chi connectivity index (χ3v) is 3.76. The maximum absolute atomic E-state index is 10.2. The number of ether oxygens (including phenoxy) is 1. The van der Waals surface area contributed by atoms with Crippen molar-refractivity contribution in [1.29, 1.82) is 0 Å². The van der Waals surface area contributed by atoms with E-state index < -0.39 is 10.4 Å². The van der Waals surface area contributed by atoms with E-state index in [0.29, 0.717) is 19.4 Å². The summed E-state index contributed by atoms with van der Waals surface area (Å²) in [4.78, 5) is 0. The molecule has 0 unspecified atom stereocenters. The first-order chi connectivity index (χ1) is 10.1. The van der Waals surface area contributed by atoms with Crippen molar-refractivity contribution < 1.29 is 51.4 Å². The molecule has 0 spiro atoms. The molecule has 5 nitrogen and oxygen atoms in total. The minimum absolute atomic E-state index is 0. The van der Waals surface area contributed by atoms with Crippen molar-refractivity contribution in [1.82, 2.24) is 0 Å². The predicted octanol–water partition coefficient (Wildman–Crippen LogP) is 0.795. The van der Waals surface area contributed by atoms with Crippen molar-refractivity contribution in [2.24, 2.45) is 0 Å². The topological polar surface area (TPSA) is 75.7 Å². The molecule has 0 saturated heterocycles. The van der Waals surface area contributed by atoms with Crippen molar-refractivity contribution in [2.75, 3.05) is 19.8 Å². The van der Waals surface area contributed by atoms with Gasteiger partial charge in [-0.1, -0.05) is 58.3 Å². The van der Waals surface area contributed by atoms with Crippen LogP contribution in [0.5, 0.6) is 0 Å². The molecule has 0 aromatic heterocycles. The Balaban J connectivity index is 0. The van der Waals surface area contributed by atoms with Crippen LogP contribution in [0.25, 0.3) is 0 Å². The third kappa shape index (κ3) is 23.1. The Bertz CT molecular complexity index is 309. The molecule has 0 aromatic carbocycles. The van der Waals surface area contributed by atoms with Crippen LogP contribution in [-0.4, -0.2) is 32.8 Å². The third-order valence-electron chi connectivity index (χ3n) is 3.30. The summed E-state index contributed by atoms with van der Waals surface area (Å²) in [5.74, 6) is 0. The summed E-state index contributed by atoms with van der Waals surface area (Å²) in [6.45, 7) is 3.54. The number of hydrogen-bond acceptors (Lipinski definition) is 5. The van der Waals surface area contributed by atoms with Crippen LogP contribution in [0.1, 0.15) is 77.6 Å². The summed E-state index contributed by atoms with van der Waals surface area (Å²) >= 11 is 0. The summed E-state index contributed by atoms with van der Waals surface area (Å²) in [7, 11) is -4.53. The average molecular weight is 346 g/mol. The molecular weight excluding hydrogens is 315 g/mol. The average Bonchev–Trinajstić information content (AvgIpc) is 2.42. The molecule has 0 aliphatic carbocycles. The van der Waals surface area contributed by atoms with Gasteiger partial charge >= 0.3 is 29.6 Å². The van der Waals surface area contributed by atoms with Crippen molar-refractivity contribution in [2.45, 2.75) is 77.6 Å². The molecule has 0 radical (unpaired) electrons. The summed E-state index contributed by atoms with van der Waals surface area (Å²) in [5.41, 5.74) is 0. The van der Waals surface area contributed by atoms with E-state index in [1.54, 1.807) is 0 Å². The van der Waals surface area contributed by atoms with Gasteiger partial charge in [0, 0.05) is 13.2 Å². The Morgan fingerprint density at radius 3 is 1.64 bits per heavy atom. The van der Waals surface area contributed by atoms with Gasteiger partial charge in [0.2, 0.25) is 10.4 Å². The fourth-order valence-electron chi connectivity index (χ4n) is 2.08. The fourth-order valence-corrected chi connectivity index (χ4v) is 2.41. The Kier molecular flexibility index (Phi) is 20.7. The van der Waals surface area contributed by atoms with Crippen molar-refractivity contribution in [3.05, 3.63) is 0 Å². The van der Waals surface area contributed by atoms with E-state index >= 15 is 0 Å². The van der Waals surface area contributed by atoms with E-state index in [1.807, 2.05) is 0 Å².